The van der Waals surface area contributed by atoms with Crippen LogP contribution >= 0.6 is 27.3 Å². The summed E-state index contributed by atoms with van der Waals surface area (Å²) in [5.41, 5.74) is 2.08. The van der Waals surface area contributed by atoms with Crippen molar-refractivity contribution in [3.63, 3.8) is 0 Å². The Morgan fingerprint density at radius 2 is 1.68 bits per heavy atom. The number of carbonyl (C=O) groups is 2. The van der Waals surface area contributed by atoms with Crippen LogP contribution < -0.4 is 15.4 Å². The Balaban J connectivity index is 1.42. The fourth-order valence-electron chi connectivity index (χ4n) is 2.55. The smallest absolute Gasteiger partial charge is 0.261 e. The van der Waals surface area contributed by atoms with E-state index in [-0.39, 0.29) is 18.4 Å². The van der Waals surface area contributed by atoms with E-state index in [0.717, 1.165) is 20.7 Å². The van der Waals surface area contributed by atoms with Crippen LogP contribution in [0, 0.1) is 0 Å². The third-order valence-corrected chi connectivity index (χ3v) is 5.48. The highest BCUT2D eigenvalue weighted by molar-refractivity contribution is 9.11. The Labute approximate surface area is 175 Å². The van der Waals surface area contributed by atoms with Gasteiger partial charge in [-0.1, -0.05) is 48.5 Å². The van der Waals surface area contributed by atoms with Crippen molar-refractivity contribution in [1.29, 1.82) is 0 Å². The Bertz CT molecular complexity index is 944. The molecule has 0 radical (unpaired) electrons. The maximum absolute atomic E-state index is 11.9. The quantitative estimate of drug-likeness (QED) is 0.499. The van der Waals surface area contributed by atoms with Crippen molar-refractivity contribution in [3.8, 4) is 16.9 Å². The minimum atomic E-state index is -0.265. The molecule has 0 saturated carbocycles. The molecule has 28 heavy (non-hydrogen) atoms. The highest BCUT2D eigenvalue weighted by Gasteiger charge is 2.10. The van der Waals surface area contributed by atoms with E-state index in [9.17, 15) is 9.59 Å². The lowest BCUT2D eigenvalue weighted by Crippen LogP contribution is -2.38. The van der Waals surface area contributed by atoms with Gasteiger partial charge in [0, 0.05) is 5.56 Å². The van der Waals surface area contributed by atoms with Crippen molar-refractivity contribution in [1.82, 2.24) is 10.6 Å². The fraction of sp³-hybridized carbons (Fsp3) is 0.143. The molecule has 0 aliphatic heterocycles. The van der Waals surface area contributed by atoms with Crippen LogP contribution in [0.5, 0.6) is 5.75 Å². The van der Waals surface area contributed by atoms with E-state index < -0.39 is 0 Å². The minimum Gasteiger partial charge on any atom is -0.491 e. The fourth-order valence-corrected chi connectivity index (χ4v) is 3.85. The van der Waals surface area contributed by atoms with Crippen LogP contribution in [0.15, 0.2) is 70.5 Å². The molecule has 3 aromatic rings. The lowest BCUT2D eigenvalue weighted by atomic mass is 10.1. The monoisotopic (exact) mass is 458 g/mol. The van der Waals surface area contributed by atoms with E-state index in [1.165, 1.54) is 11.3 Å². The second kappa shape index (κ2) is 10.1. The molecule has 2 aromatic carbocycles. The number of hydrogen-bond donors (Lipinski definition) is 2. The summed E-state index contributed by atoms with van der Waals surface area (Å²) in [4.78, 5) is 24.4. The summed E-state index contributed by atoms with van der Waals surface area (Å²) >= 11 is 4.63. The summed E-state index contributed by atoms with van der Waals surface area (Å²) in [5.74, 6) is 0.238. The molecule has 0 aliphatic rings. The van der Waals surface area contributed by atoms with Crippen LogP contribution in [0.4, 0.5) is 0 Å². The zero-order valence-corrected chi connectivity index (χ0v) is 17.4. The van der Waals surface area contributed by atoms with E-state index in [1.807, 2.05) is 54.6 Å². The van der Waals surface area contributed by atoms with Gasteiger partial charge in [-0.05, 0) is 39.7 Å². The minimum absolute atomic E-state index is 0.0744. The number of halogens is 1. The maximum Gasteiger partial charge on any atom is 0.261 e. The molecule has 7 heteroatoms. The van der Waals surface area contributed by atoms with Crippen molar-refractivity contribution < 1.29 is 14.3 Å². The van der Waals surface area contributed by atoms with Crippen molar-refractivity contribution in [2.75, 3.05) is 19.7 Å². The van der Waals surface area contributed by atoms with Gasteiger partial charge in [0.2, 0.25) is 5.91 Å². The number of hydrogen-bond acceptors (Lipinski definition) is 4. The molecule has 0 bridgehead atoms. The first-order chi connectivity index (χ1) is 13.6. The van der Waals surface area contributed by atoms with Gasteiger partial charge >= 0.3 is 0 Å². The number of ether oxygens (including phenoxy) is 1. The second-order valence-corrected chi connectivity index (χ2v) is 8.31. The van der Waals surface area contributed by atoms with Crippen molar-refractivity contribution in [2.24, 2.45) is 0 Å². The SMILES string of the molecule is O=C(CNC(=O)c1ccc(Br)s1)NCCOc1ccccc1-c1ccccc1. The van der Waals surface area contributed by atoms with Crippen LogP contribution in [0.25, 0.3) is 11.1 Å². The molecule has 0 unspecified atom stereocenters. The molecule has 5 nitrogen and oxygen atoms in total. The molecule has 0 fully saturated rings. The van der Waals surface area contributed by atoms with Crippen LogP contribution in [0.2, 0.25) is 0 Å². The van der Waals surface area contributed by atoms with Crippen molar-refractivity contribution in [3.05, 3.63) is 75.4 Å². The summed E-state index contributed by atoms with van der Waals surface area (Å²) in [5, 5.41) is 5.34. The predicted octanol–water partition coefficient (Wildman–Crippen LogP) is 4.10. The highest BCUT2D eigenvalue weighted by atomic mass is 79.9. The zero-order valence-electron chi connectivity index (χ0n) is 15.0. The number of carbonyl (C=O) groups excluding carboxylic acids is 2. The molecule has 0 atom stereocenters. The Hall–Kier alpha value is -2.64. The van der Waals surface area contributed by atoms with Gasteiger partial charge in [0.05, 0.1) is 21.8 Å². The second-order valence-electron chi connectivity index (χ2n) is 5.85. The largest absolute Gasteiger partial charge is 0.491 e. The first-order valence-electron chi connectivity index (χ1n) is 8.71. The predicted molar refractivity (Wildman–Crippen MR) is 115 cm³/mol. The van der Waals surface area contributed by atoms with Crippen LogP contribution in [-0.2, 0) is 4.79 Å². The molecule has 0 aliphatic carbocycles. The third-order valence-electron chi connectivity index (χ3n) is 3.86. The summed E-state index contributed by atoms with van der Waals surface area (Å²) < 4.78 is 6.70. The lowest BCUT2D eigenvalue weighted by molar-refractivity contribution is -0.120. The molecule has 144 valence electrons. The average Bonchev–Trinajstić information content (AvgIpc) is 3.17. The molecule has 0 spiro atoms. The van der Waals surface area contributed by atoms with Gasteiger partial charge in [-0.15, -0.1) is 11.3 Å². The molecular weight excluding hydrogens is 440 g/mol. The molecule has 2 amide bonds. The molecule has 3 rings (SSSR count). The van der Waals surface area contributed by atoms with Gasteiger partial charge in [0.1, 0.15) is 12.4 Å². The zero-order chi connectivity index (χ0) is 19.8. The maximum atomic E-state index is 11.9. The normalized spacial score (nSPS) is 10.3. The first-order valence-corrected chi connectivity index (χ1v) is 10.3. The number of para-hydroxylation sites is 1. The van der Waals surface area contributed by atoms with Crippen LogP contribution in [0.3, 0.4) is 0 Å². The van der Waals surface area contributed by atoms with E-state index in [1.54, 1.807) is 12.1 Å². The number of nitrogens with one attached hydrogen (secondary N) is 2. The molecule has 1 aromatic heterocycles. The van der Waals surface area contributed by atoms with Crippen LogP contribution in [-0.4, -0.2) is 31.5 Å². The van der Waals surface area contributed by atoms with E-state index >= 15 is 0 Å². The summed E-state index contributed by atoms with van der Waals surface area (Å²) in [6, 6.07) is 21.3. The molecule has 0 saturated heterocycles. The number of amides is 2. The highest BCUT2D eigenvalue weighted by Crippen LogP contribution is 2.29. The van der Waals surface area contributed by atoms with E-state index in [2.05, 4.69) is 26.6 Å². The van der Waals surface area contributed by atoms with Gasteiger partial charge in [-0.3, -0.25) is 9.59 Å². The number of benzene rings is 2. The summed E-state index contributed by atoms with van der Waals surface area (Å²) in [6.07, 6.45) is 0. The van der Waals surface area contributed by atoms with Gasteiger partial charge in [0.25, 0.3) is 5.91 Å². The molecule has 2 N–H and O–H groups in total. The third kappa shape index (κ3) is 5.68. The molecule has 1 heterocycles. The van der Waals surface area contributed by atoms with Gasteiger partial charge < -0.3 is 15.4 Å². The number of rotatable bonds is 8. The average molecular weight is 459 g/mol. The lowest BCUT2D eigenvalue weighted by Gasteiger charge is -2.12. The Morgan fingerprint density at radius 3 is 2.43 bits per heavy atom. The molecular formula is C21H19BrN2O3S. The van der Waals surface area contributed by atoms with Crippen molar-refractivity contribution in [2.45, 2.75) is 0 Å². The van der Waals surface area contributed by atoms with Gasteiger partial charge in [-0.2, -0.15) is 0 Å². The first kappa shape index (κ1) is 20.1. The topological polar surface area (TPSA) is 67.4 Å². The van der Waals surface area contributed by atoms with Gasteiger partial charge in [-0.25, -0.2) is 0 Å². The van der Waals surface area contributed by atoms with Crippen molar-refractivity contribution >= 4 is 39.1 Å². The van der Waals surface area contributed by atoms with E-state index in [0.29, 0.717) is 18.0 Å². The Kier molecular flexibility index (Phi) is 7.22. The van der Waals surface area contributed by atoms with Gasteiger partial charge in [0.15, 0.2) is 0 Å². The van der Waals surface area contributed by atoms with Crippen LogP contribution in [0.1, 0.15) is 9.67 Å². The van der Waals surface area contributed by atoms with E-state index in [4.69, 9.17) is 4.74 Å². The summed E-state index contributed by atoms with van der Waals surface area (Å²) in [6.45, 7) is 0.610. The summed E-state index contributed by atoms with van der Waals surface area (Å²) in [7, 11) is 0. The Morgan fingerprint density at radius 1 is 0.929 bits per heavy atom. The number of thiophene rings is 1. The standard InChI is InChI=1S/C21H19BrN2O3S/c22-19-11-10-18(28-19)21(26)24-14-20(25)23-12-13-27-17-9-5-4-8-16(17)15-6-2-1-3-7-15/h1-11H,12-14H2,(H,23,25)(H,24,26).